The van der Waals surface area contributed by atoms with Crippen LogP contribution in [0.3, 0.4) is 0 Å². The van der Waals surface area contributed by atoms with Crippen molar-refractivity contribution in [3.05, 3.63) is 65.1 Å². The number of anilines is 2. The molecule has 1 fully saturated rings. The van der Waals surface area contributed by atoms with Gasteiger partial charge in [0.15, 0.2) is 5.82 Å². The summed E-state index contributed by atoms with van der Waals surface area (Å²) in [6, 6.07) is 13.8. The van der Waals surface area contributed by atoms with Crippen molar-refractivity contribution in [2.45, 2.75) is 6.92 Å². The number of nitrogens with zero attached hydrogens (tertiary/aromatic N) is 5. The van der Waals surface area contributed by atoms with E-state index in [1.165, 1.54) is 0 Å². The molecule has 1 aliphatic heterocycles. The zero-order valence-electron chi connectivity index (χ0n) is 17.2. The topological polar surface area (TPSA) is 74.2 Å². The van der Waals surface area contributed by atoms with Gasteiger partial charge in [0.2, 0.25) is 0 Å². The Kier molecular flexibility index (Phi) is 5.21. The minimum absolute atomic E-state index is 0.0735. The molecule has 5 rings (SSSR count). The number of aromatic nitrogens is 3. The van der Waals surface area contributed by atoms with Crippen molar-refractivity contribution in [2.75, 3.05) is 36.4 Å². The quantitative estimate of drug-likeness (QED) is 0.521. The van der Waals surface area contributed by atoms with Gasteiger partial charge in [-0.25, -0.2) is 19.7 Å². The minimum Gasteiger partial charge on any atom is -0.351 e. The summed E-state index contributed by atoms with van der Waals surface area (Å²) in [5.41, 5.74) is 5.57. The Morgan fingerprint density at radius 1 is 1.06 bits per heavy atom. The van der Waals surface area contributed by atoms with Crippen LogP contribution in [0.4, 0.5) is 16.3 Å². The normalized spacial score (nSPS) is 14.1. The van der Waals surface area contributed by atoms with E-state index in [1.54, 1.807) is 17.7 Å². The van der Waals surface area contributed by atoms with Crippen molar-refractivity contribution in [3.8, 4) is 11.3 Å². The van der Waals surface area contributed by atoms with Crippen molar-refractivity contribution in [2.24, 2.45) is 0 Å². The highest BCUT2D eigenvalue weighted by atomic mass is 32.1. The van der Waals surface area contributed by atoms with Gasteiger partial charge in [-0.2, -0.15) is 11.3 Å². The first kappa shape index (κ1) is 19.4. The average Bonchev–Trinajstić information content (AvgIpc) is 3.33. The molecular formula is C23H22N6OS. The number of carbonyl (C=O) groups is 1. The molecule has 1 N–H and O–H groups in total. The number of benzene rings is 1. The predicted octanol–water partition coefficient (Wildman–Crippen LogP) is 4.42. The van der Waals surface area contributed by atoms with Crippen LogP contribution < -0.4 is 10.2 Å². The van der Waals surface area contributed by atoms with Crippen LogP contribution in [0.15, 0.2) is 59.6 Å². The molecular weight excluding hydrogens is 408 g/mol. The number of hydrogen-bond acceptors (Lipinski definition) is 6. The summed E-state index contributed by atoms with van der Waals surface area (Å²) in [7, 11) is 0. The molecule has 1 saturated heterocycles. The molecule has 0 radical (unpaired) electrons. The number of hydrogen-bond donors (Lipinski definition) is 1. The van der Waals surface area contributed by atoms with Crippen LogP contribution in [0.5, 0.6) is 0 Å². The number of amides is 2. The van der Waals surface area contributed by atoms with Gasteiger partial charge < -0.3 is 15.1 Å². The third kappa shape index (κ3) is 4.06. The standard InChI is InChI=1S/C23H22N6OS/c1-16-3-2-4-18(13-16)26-23(30)29-10-8-28(9-11-29)22-21-20(24-15-25-22)6-5-19(27-21)17-7-12-31-14-17/h2-7,12-15H,8-11H2,1H3,(H,26,30). The lowest BCUT2D eigenvalue weighted by Gasteiger charge is -2.35. The molecule has 8 heteroatoms. The second-order valence-electron chi connectivity index (χ2n) is 7.55. The van der Waals surface area contributed by atoms with E-state index in [9.17, 15) is 4.79 Å². The summed E-state index contributed by atoms with van der Waals surface area (Å²) in [5, 5.41) is 7.12. The predicted molar refractivity (Wildman–Crippen MR) is 125 cm³/mol. The van der Waals surface area contributed by atoms with Crippen molar-refractivity contribution >= 4 is 39.9 Å². The number of thiophene rings is 1. The number of aryl methyl sites for hydroxylation is 1. The largest absolute Gasteiger partial charge is 0.351 e. The molecule has 1 aliphatic rings. The lowest BCUT2D eigenvalue weighted by molar-refractivity contribution is 0.208. The van der Waals surface area contributed by atoms with E-state index in [4.69, 9.17) is 4.98 Å². The highest BCUT2D eigenvalue weighted by Gasteiger charge is 2.24. The molecule has 7 nitrogen and oxygen atoms in total. The van der Waals surface area contributed by atoms with E-state index in [1.807, 2.05) is 53.6 Å². The van der Waals surface area contributed by atoms with Crippen LogP contribution in [0.25, 0.3) is 22.3 Å². The van der Waals surface area contributed by atoms with Crippen molar-refractivity contribution in [1.82, 2.24) is 19.9 Å². The third-order valence-electron chi connectivity index (χ3n) is 5.42. The first-order chi connectivity index (χ1) is 15.2. The average molecular weight is 431 g/mol. The fourth-order valence-corrected chi connectivity index (χ4v) is 4.43. The molecule has 0 aliphatic carbocycles. The lowest BCUT2D eigenvalue weighted by atomic mass is 10.2. The highest BCUT2D eigenvalue weighted by molar-refractivity contribution is 7.08. The third-order valence-corrected chi connectivity index (χ3v) is 6.10. The molecule has 2 amide bonds. The number of nitrogens with one attached hydrogen (secondary N) is 1. The smallest absolute Gasteiger partial charge is 0.321 e. The van der Waals surface area contributed by atoms with E-state index < -0.39 is 0 Å². The second kappa shape index (κ2) is 8.31. The SMILES string of the molecule is Cc1cccc(NC(=O)N2CCN(c3ncnc4ccc(-c5ccsc5)nc34)CC2)c1. The summed E-state index contributed by atoms with van der Waals surface area (Å²) < 4.78 is 0. The van der Waals surface area contributed by atoms with Gasteiger partial charge in [0.05, 0.1) is 11.2 Å². The Morgan fingerprint density at radius 2 is 1.94 bits per heavy atom. The summed E-state index contributed by atoms with van der Waals surface area (Å²) in [4.78, 5) is 30.5. The zero-order chi connectivity index (χ0) is 21.2. The Balaban J connectivity index is 1.32. The maximum absolute atomic E-state index is 12.7. The van der Waals surface area contributed by atoms with E-state index >= 15 is 0 Å². The Labute approximate surface area is 184 Å². The van der Waals surface area contributed by atoms with E-state index in [0.29, 0.717) is 26.2 Å². The van der Waals surface area contributed by atoms with E-state index in [0.717, 1.165) is 39.4 Å². The summed E-state index contributed by atoms with van der Waals surface area (Å²) >= 11 is 1.65. The maximum atomic E-state index is 12.7. The van der Waals surface area contributed by atoms with Crippen LogP contribution in [0.1, 0.15) is 5.56 Å². The van der Waals surface area contributed by atoms with Crippen LogP contribution in [-0.4, -0.2) is 52.1 Å². The van der Waals surface area contributed by atoms with Gasteiger partial charge in [0.25, 0.3) is 0 Å². The van der Waals surface area contributed by atoms with Gasteiger partial charge in [-0.15, -0.1) is 0 Å². The molecule has 0 atom stereocenters. The highest BCUT2D eigenvalue weighted by Crippen LogP contribution is 2.27. The number of urea groups is 1. The number of carbonyl (C=O) groups excluding carboxylic acids is 1. The molecule has 1 aromatic carbocycles. The maximum Gasteiger partial charge on any atom is 0.321 e. The molecule has 0 bridgehead atoms. The van der Waals surface area contributed by atoms with Crippen LogP contribution in [0, 0.1) is 6.92 Å². The summed E-state index contributed by atoms with van der Waals surface area (Å²) in [5.74, 6) is 0.820. The van der Waals surface area contributed by atoms with Crippen LogP contribution in [0.2, 0.25) is 0 Å². The molecule has 0 spiro atoms. The monoisotopic (exact) mass is 430 g/mol. The van der Waals surface area contributed by atoms with E-state index in [-0.39, 0.29) is 6.03 Å². The van der Waals surface area contributed by atoms with Gasteiger partial charge in [-0.1, -0.05) is 12.1 Å². The molecule has 0 unspecified atom stereocenters. The summed E-state index contributed by atoms with van der Waals surface area (Å²) in [6.45, 7) is 4.63. The number of rotatable bonds is 3. The molecule has 4 heterocycles. The van der Waals surface area contributed by atoms with Crippen LogP contribution in [-0.2, 0) is 0 Å². The first-order valence-electron chi connectivity index (χ1n) is 10.2. The fraction of sp³-hybridized carbons (Fsp3) is 0.217. The van der Waals surface area contributed by atoms with Gasteiger partial charge in [0.1, 0.15) is 11.8 Å². The molecule has 0 saturated carbocycles. The molecule has 31 heavy (non-hydrogen) atoms. The lowest BCUT2D eigenvalue weighted by Crippen LogP contribution is -2.50. The molecule has 4 aromatic rings. The Morgan fingerprint density at radius 3 is 2.71 bits per heavy atom. The van der Waals surface area contributed by atoms with Gasteiger partial charge in [-0.3, -0.25) is 0 Å². The molecule has 3 aromatic heterocycles. The fourth-order valence-electron chi connectivity index (χ4n) is 3.78. The van der Waals surface area contributed by atoms with Crippen LogP contribution >= 0.6 is 11.3 Å². The second-order valence-corrected chi connectivity index (χ2v) is 8.33. The van der Waals surface area contributed by atoms with Crippen molar-refractivity contribution < 1.29 is 4.79 Å². The Bertz CT molecular complexity index is 1220. The summed E-state index contributed by atoms with van der Waals surface area (Å²) in [6.07, 6.45) is 1.58. The molecule has 156 valence electrons. The number of pyridine rings is 1. The first-order valence-corrected chi connectivity index (χ1v) is 11.1. The Hall–Kier alpha value is -3.52. The minimum atomic E-state index is -0.0735. The van der Waals surface area contributed by atoms with Gasteiger partial charge >= 0.3 is 6.03 Å². The van der Waals surface area contributed by atoms with Gasteiger partial charge in [-0.05, 0) is 48.2 Å². The number of piperazine rings is 1. The zero-order valence-corrected chi connectivity index (χ0v) is 18.0. The van der Waals surface area contributed by atoms with Crippen molar-refractivity contribution in [3.63, 3.8) is 0 Å². The van der Waals surface area contributed by atoms with Gasteiger partial charge in [0, 0.05) is 42.8 Å². The number of fused-ring (bicyclic) bond motifs is 1. The van der Waals surface area contributed by atoms with Crippen molar-refractivity contribution in [1.29, 1.82) is 0 Å². The van der Waals surface area contributed by atoms with E-state index in [2.05, 4.69) is 31.6 Å².